The summed E-state index contributed by atoms with van der Waals surface area (Å²) in [5.41, 5.74) is 5.48. The minimum Gasteiger partial charge on any atom is -0.364 e. The third kappa shape index (κ3) is 3.64. The van der Waals surface area contributed by atoms with Crippen LogP contribution < -0.4 is 11.1 Å². The van der Waals surface area contributed by atoms with E-state index >= 15 is 0 Å². The molecule has 0 aromatic heterocycles. The Morgan fingerprint density at radius 2 is 2.47 bits per heavy atom. The number of carbonyl (C=O) groups is 1. The van der Waals surface area contributed by atoms with Gasteiger partial charge in [-0.15, -0.1) is 6.58 Å². The molecular weight excluding hydrogens is 192 g/mol. The largest absolute Gasteiger partial charge is 0.364 e. The van der Waals surface area contributed by atoms with Crippen molar-refractivity contribution in [2.45, 2.75) is 44.4 Å². The predicted octanol–water partition coefficient (Wildman–Crippen LogP) is 0.573. The van der Waals surface area contributed by atoms with Crippen LogP contribution in [0, 0.1) is 0 Å². The third-order valence-electron chi connectivity index (χ3n) is 2.57. The van der Waals surface area contributed by atoms with Crippen molar-refractivity contribution in [2.75, 3.05) is 6.54 Å². The second-order valence-electron chi connectivity index (χ2n) is 3.99. The van der Waals surface area contributed by atoms with Crippen LogP contribution in [0.4, 0.5) is 0 Å². The van der Waals surface area contributed by atoms with Crippen LogP contribution in [0.15, 0.2) is 12.7 Å². The first-order valence-corrected chi connectivity index (χ1v) is 5.44. The molecule has 1 aliphatic heterocycles. The molecule has 0 aromatic carbocycles. The van der Waals surface area contributed by atoms with Crippen molar-refractivity contribution in [3.8, 4) is 0 Å². The summed E-state index contributed by atoms with van der Waals surface area (Å²) in [5.74, 6) is -0.0275. The highest BCUT2D eigenvalue weighted by molar-refractivity contribution is 5.81. The zero-order chi connectivity index (χ0) is 11.3. The highest BCUT2D eigenvalue weighted by Crippen LogP contribution is 2.18. The van der Waals surface area contributed by atoms with Gasteiger partial charge >= 0.3 is 0 Å². The molecule has 1 amide bonds. The number of nitrogens with one attached hydrogen (secondary N) is 1. The molecule has 3 unspecified atom stereocenters. The average molecular weight is 212 g/mol. The average Bonchev–Trinajstić information content (AvgIpc) is 2.66. The van der Waals surface area contributed by atoms with Crippen molar-refractivity contribution in [3.63, 3.8) is 0 Å². The van der Waals surface area contributed by atoms with Crippen molar-refractivity contribution in [1.29, 1.82) is 0 Å². The number of hydrogen-bond acceptors (Lipinski definition) is 3. The summed E-state index contributed by atoms with van der Waals surface area (Å²) >= 11 is 0. The van der Waals surface area contributed by atoms with E-state index in [1.165, 1.54) is 0 Å². The Hall–Kier alpha value is -0.870. The van der Waals surface area contributed by atoms with Crippen LogP contribution in [-0.2, 0) is 9.53 Å². The Morgan fingerprint density at radius 1 is 1.73 bits per heavy atom. The van der Waals surface area contributed by atoms with E-state index in [1.807, 2.05) is 6.92 Å². The lowest BCUT2D eigenvalue weighted by atomic mass is 10.1. The van der Waals surface area contributed by atoms with E-state index < -0.39 is 0 Å². The Bertz CT molecular complexity index is 231. The molecule has 0 aromatic rings. The van der Waals surface area contributed by atoms with E-state index in [2.05, 4.69) is 11.9 Å². The molecule has 0 saturated carbocycles. The van der Waals surface area contributed by atoms with E-state index in [0.29, 0.717) is 6.54 Å². The van der Waals surface area contributed by atoms with Crippen molar-refractivity contribution >= 4 is 5.91 Å². The lowest BCUT2D eigenvalue weighted by Crippen LogP contribution is -2.40. The van der Waals surface area contributed by atoms with Crippen molar-refractivity contribution in [2.24, 2.45) is 5.73 Å². The lowest BCUT2D eigenvalue weighted by Gasteiger charge is -2.16. The van der Waals surface area contributed by atoms with E-state index in [-0.39, 0.29) is 24.2 Å². The number of hydrogen-bond donors (Lipinski definition) is 2. The van der Waals surface area contributed by atoms with Crippen LogP contribution in [-0.4, -0.2) is 30.7 Å². The van der Waals surface area contributed by atoms with Crippen molar-refractivity contribution < 1.29 is 9.53 Å². The van der Waals surface area contributed by atoms with E-state index in [0.717, 1.165) is 19.3 Å². The molecule has 0 spiro atoms. The summed E-state index contributed by atoms with van der Waals surface area (Å²) in [6, 6.07) is 0.121. The molecule has 1 fully saturated rings. The predicted molar refractivity (Wildman–Crippen MR) is 59.4 cm³/mol. The van der Waals surface area contributed by atoms with Crippen LogP contribution >= 0.6 is 0 Å². The highest BCUT2D eigenvalue weighted by atomic mass is 16.5. The minimum absolute atomic E-state index is 0.0275. The molecule has 4 heteroatoms. The summed E-state index contributed by atoms with van der Waals surface area (Å²) in [4.78, 5) is 11.7. The van der Waals surface area contributed by atoms with Gasteiger partial charge in [0.1, 0.15) is 6.10 Å². The van der Waals surface area contributed by atoms with Gasteiger partial charge in [0.05, 0.1) is 6.10 Å². The third-order valence-corrected chi connectivity index (χ3v) is 2.57. The molecule has 3 atom stereocenters. The van der Waals surface area contributed by atoms with Crippen LogP contribution in [0.25, 0.3) is 0 Å². The van der Waals surface area contributed by atoms with Crippen LogP contribution in [0.2, 0.25) is 0 Å². The first-order valence-electron chi connectivity index (χ1n) is 5.44. The zero-order valence-corrected chi connectivity index (χ0v) is 9.24. The quantitative estimate of drug-likeness (QED) is 0.655. The molecule has 86 valence electrons. The monoisotopic (exact) mass is 212 g/mol. The van der Waals surface area contributed by atoms with Gasteiger partial charge in [-0.1, -0.05) is 6.08 Å². The Kier molecular flexibility index (Phi) is 4.78. The first kappa shape index (κ1) is 12.2. The summed E-state index contributed by atoms with van der Waals surface area (Å²) in [7, 11) is 0. The van der Waals surface area contributed by atoms with Crippen LogP contribution in [0.5, 0.6) is 0 Å². The maximum Gasteiger partial charge on any atom is 0.249 e. The fraction of sp³-hybridized carbons (Fsp3) is 0.727. The molecular formula is C11H20N2O2. The van der Waals surface area contributed by atoms with Gasteiger partial charge in [0.15, 0.2) is 0 Å². The number of amides is 1. The lowest BCUT2D eigenvalue weighted by molar-refractivity contribution is -0.132. The molecule has 0 radical (unpaired) electrons. The smallest absolute Gasteiger partial charge is 0.249 e. The summed E-state index contributed by atoms with van der Waals surface area (Å²) in [6.07, 6.45) is 3.96. The van der Waals surface area contributed by atoms with Gasteiger partial charge in [-0.25, -0.2) is 0 Å². The van der Waals surface area contributed by atoms with Crippen LogP contribution in [0.1, 0.15) is 26.2 Å². The van der Waals surface area contributed by atoms with E-state index in [4.69, 9.17) is 10.5 Å². The fourth-order valence-corrected chi connectivity index (χ4v) is 1.72. The van der Waals surface area contributed by atoms with Gasteiger partial charge < -0.3 is 15.8 Å². The van der Waals surface area contributed by atoms with Gasteiger partial charge in [0.25, 0.3) is 0 Å². The minimum atomic E-state index is -0.314. The van der Waals surface area contributed by atoms with Gasteiger partial charge in [0.2, 0.25) is 5.91 Å². The molecule has 1 aliphatic rings. The van der Waals surface area contributed by atoms with Gasteiger partial charge in [0, 0.05) is 12.6 Å². The van der Waals surface area contributed by atoms with Gasteiger partial charge in [-0.3, -0.25) is 4.79 Å². The molecule has 1 heterocycles. The summed E-state index contributed by atoms with van der Waals surface area (Å²) < 4.78 is 5.49. The normalized spacial score (nSPS) is 27.3. The SMILES string of the molecule is C=CCC(C)NC(=O)C1CCC(CN)O1. The van der Waals surface area contributed by atoms with E-state index in [9.17, 15) is 4.79 Å². The second kappa shape index (κ2) is 5.88. The second-order valence-corrected chi connectivity index (χ2v) is 3.99. The van der Waals surface area contributed by atoms with Crippen molar-refractivity contribution in [3.05, 3.63) is 12.7 Å². The van der Waals surface area contributed by atoms with Gasteiger partial charge in [-0.05, 0) is 26.2 Å². The Labute approximate surface area is 90.9 Å². The fourth-order valence-electron chi connectivity index (χ4n) is 1.72. The zero-order valence-electron chi connectivity index (χ0n) is 9.24. The summed E-state index contributed by atoms with van der Waals surface area (Å²) in [6.45, 7) is 6.08. The molecule has 0 bridgehead atoms. The Balaban J connectivity index is 2.31. The van der Waals surface area contributed by atoms with E-state index in [1.54, 1.807) is 6.08 Å². The molecule has 1 rings (SSSR count). The number of ether oxygens (including phenoxy) is 1. The standard InChI is InChI=1S/C11H20N2O2/c1-3-4-8(2)13-11(14)10-6-5-9(7-12)15-10/h3,8-10H,1,4-7,12H2,2H3,(H,13,14). The maximum absolute atomic E-state index is 11.7. The first-order chi connectivity index (χ1) is 7.17. The molecule has 4 nitrogen and oxygen atoms in total. The molecule has 0 aliphatic carbocycles. The number of carbonyl (C=O) groups excluding carboxylic acids is 1. The van der Waals surface area contributed by atoms with Crippen LogP contribution in [0.3, 0.4) is 0 Å². The summed E-state index contributed by atoms with van der Waals surface area (Å²) in [5, 5.41) is 2.89. The topological polar surface area (TPSA) is 64.4 Å². The molecule has 1 saturated heterocycles. The Morgan fingerprint density at radius 3 is 3.00 bits per heavy atom. The highest BCUT2D eigenvalue weighted by Gasteiger charge is 2.30. The maximum atomic E-state index is 11.7. The van der Waals surface area contributed by atoms with Gasteiger partial charge in [-0.2, -0.15) is 0 Å². The number of nitrogens with two attached hydrogens (primary N) is 1. The number of rotatable bonds is 5. The molecule has 3 N–H and O–H groups in total. The van der Waals surface area contributed by atoms with Crippen molar-refractivity contribution in [1.82, 2.24) is 5.32 Å². The molecule has 15 heavy (non-hydrogen) atoms.